The molecule has 1 amide bonds. The van der Waals surface area contributed by atoms with Gasteiger partial charge in [0, 0.05) is 17.8 Å². The Kier molecular flexibility index (Phi) is 9.34. The number of halogens is 1. The largest absolute Gasteiger partial charge is 0.481 e. The Balaban J connectivity index is 2.38. The van der Waals surface area contributed by atoms with E-state index in [1.54, 1.807) is 16.8 Å². The average molecular weight is 450 g/mol. The number of nitrogens with zero attached hydrogens (tertiary/aromatic N) is 2. The van der Waals surface area contributed by atoms with Crippen molar-refractivity contribution in [2.24, 2.45) is 0 Å². The van der Waals surface area contributed by atoms with Crippen LogP contribution in [-0.4, -0.2) is 55.7 Å². The molecule has 0 bridgehead atoms. The molecule has 9 heteroatoms. The molecule has 0 radical (unpaired) electrons. The summed E-state index contributed by atoms with van der Waals surface area (Å²) < 4.78 is 15.0. The molecule has 0 unspecified atom stereocenters. The van der Waals surface area contributed by atoms with E-state index in [0.29, 0.717) is 24.3 Å². The van der Waals surface area contributed by atoms with Crippen molar-refractivity contribution in [1.82, 2.24) is 15.1 Å². The van der Waals surface area contributed by atoms with Gasteiger partial charge in [-0.25, -0.2) is 9.07 Å². The van der Waals surface area contributed by atoms with E-state index in [9.17, 15) is 24.2 Å². The first-order chi connectivity index (χ1) is 15.1. The summed E-state index contributed by atoms with van der Waals surface area (Å²) in [5, 5.41) is 36.3. The van der Waals surface area contributed by atoms with Crippen molar-refractivity contribution in [3.8, 4) is 5.69 Å². The van der Waals surface area contributed by atoms with Crippen LogP contribution in [0.3, 0.4) is 0 Å². The zero-order valence-corrected chi connectivity index (χ0v) is 18.7. The number of aliphatic hydroxyl groups is 2. The van der Waals surface area contributed by atoms with E-state index in [1.807, 2.05) is 20.8 Å². The first-order valence-electron chi connectivity index (χ1n) is 10.9. The van der Waals surface area contributed by atoms with E-state index < -0.39 is 30.4 Å². The highest BCUT2D eigenvalue weighted by Gasteiger charge is 2.26. The Morgan fingerprint density at radius 2 is 1.81 bits per heavy atom. The Hall–Kier alpha value is -2.78. The molecule has 1 aromatic carbocycles. The maximum Gasteiger partial charge on any atom is 0.305 e. The number of benzene rings is 1. The molecule has 4 N–H and O–H groups in total. The number of aliphatic hydroxyl groups excluding tert-OH is 2. The Morgan fingerprint density at radius 1 is 1.16 bits per heavy atom. The van der Waals surface area contributed by atoms with Gasteiger partial charge in [-0.1, -0.05) is 20.8 Å². The fraction of sp³-hybridized carbons (Fsp3) is 0.522. The van der Waals surface area contributed by atoms with Crippen LogP contribution in [0.2, 0.25) is 0 Å². The molecular weight excluding hydrogens is 417 g/mol. The van der Waals surface area contributed by atoms with Gasteiger partial charge in [-0.3, -0.25) is 9.59 Å². The lowest BCUT2D eigenvalue weighted by Crippen LogP contribution is -2.25. The molecule has 0 aliphatic carbocycles. The number of carbonyl (C=O) groups excluding carboxylic acids is 1. The van der Waals surface area contributed by atoms with Crippen LogP contribution in [0.1, 0.15) is 74.1 Å². The van der Waals surface area contributed by atoms with E-state index in [2.05, 4.69) is 10.4 Å². The van der Waals surface area contributed by atoms with E-state index in [0.717, 1.165) is 12.0 Å². The molecule has 1 aromatic heterocycles. The summed E-state index contributed by atoms with van der Waals surface area (Å²) in [7, 11) is 0. The fourth-order valence-electron chi connectivity index (χ4n) is 3.62. The predicted octanol–water partition coefficient (Wildman–Crippen LogP) is 2.79. The lowest BCUT2D eigenvalue weighted by molar-refractivity contribution is -0.139. The molecule has 0 saturated carbocycles. The molecule has 0 aliphatic rings. The van der Waals surface area contributed by atoms with Crippen molar-refractivity contribution < 1.29 is 29.3 Å². The smallest absolute Gasteiger partial charge is 0.305 e. The summed E-state index contributed by atoms with van der Waals surface area (Å²) in [6, 6.07) is 5.75. The Labute approximate surface area is 187 Å². The van der Waals surface area contributed by atoms with E-state index in [-0.39, 0.29) is 30.4 Å². The minimum atomic E-state index is -1.15. The number of carboxylic acids is 1. The lowest BCUT2D eigenvalue weighted by Gasteiger charge is -2.16. The van der Waals surface area contributed by atoms with Crippen LogP contribution in [0.4, 0.5) is 4.39 Å². The van der Waals surface area contributed by atoms with Crippen molar-refractivity contribution in [3.05, 3.63) is 47.0 Å². The summed E-state index contributed by atoms with van der Waals surface area (Å²) in [5.74, 6) is -1.87. The zero-order chi connectivity index (χ0) is 23.8. The predicted molar refractivity (Wildman–Crippen MR) is 117 cm³/mol. The molecule has 176 valence electrons. The van der Waals surface area contributed by atoms with Gasteiger partial charge in [0.1, 0.15) is 5.82 Å². The summed E-state index contributed by atoms with van der Waals surface area (Å²) in [6.45, 7) is 6.35. The molecule has 0 saturated heterocycles. The van der Waals surface area contributed by atoms with Crippen LogP contribution in [0.25, 0.3) is 5.69 Å². The molecule has 1 heterocycles. The molecular formula is C23H32FN3O5. The van der Waals surface area contributed by atoms with Crippen molar-refractivity contribution in [3.63, 3.8) is 0 Å². The van der Waals surface area contributed by atoms with Gasteiger partial charge in [0.2, 0.25) is 0 Å². The standard InChI is InChI=1S/C23H32FN3O5/c1-4-11-25-23(32)22-21(14(2)3)19(10-9-17(28)12-18(29)13-20(30)31)27(26-22)16-7-5-15(24)6-8-16/h5-8,14,17-18,28-29H,4,9-13H2,1-3H3,(H,25,32)(H,30,31)/t17-,18-/m1/s1. The normalized spacial score (nSPS) is 13.2. The van der Waals surface area contributed by atoms with Crippen LogP contribution in [0.5, 0.6) is 0 Å². The topological polar surface area (TPSA) is 125 Å². The summed E-state index contributed by atoms with van der Waals surface area (Å²) in [4.78, 5) is 23.5. The molecule has 2 aromatic rings. The number of hydrogen-bond donors (Lipinski definition) is 4. The number of amides is 1. The van der Waals surface area contributed by atoms with Crippen LogP contribution < -0.4 is 5.32 Å². The molecule has 0 aliphatic heterocycles. The zero-order valence-electron chi connectivity index (χ0n) is 18.7. The second kappa shape index (κ2) is 11.7. The van der Waals surface area contributed by atoms with Crippen LogP contribution in [0.15, 0.2) is 24.3 Å². The van der Waals surface area contributed by atoms with Crippen molar-refractivity contribution in [1.29, 1.82) is 0 Å². The Morgan fingerprint density at radius 3 is 2.38 bits per heavy atom. The second-order valence-electron chi connectivity index (χ2n) is 8.19. The van der Waals surface area contributed by atoms with E-state index in [4.69, 9.17) is 5.11 Å². The second-order valence-corrected chi connectivity index (χ2v) is 8.19. The van der Waals surface area contributed by atoms with Crippen molar-refractivity contribution in [2.45, 2.75) is 71.0 Å². The van der Waals surface area contributed by atoms with Crippen LogP contribution in [0, 0.1) is 5.82 Å². The average Bonchev–Trinajstić information content (AvgIpc) is 3.10. The highest BCUT2D eigenvalue weighted by molar-refractivity contribution is 5.94. The highest BCUT2D eigenvalue weighted by atomic mass is 19.1. The third-order valence-corrected chi connectivity index (χ3v) is 5.09. The number of carboxylic acid groups (broad SMARTS) is 1. The molecule has 0 spiro atoms. The Bertz CT molecular complexity index is 911. The number of hydrogen-bond acceptors (Lipinski definition) is 5. The van der Waals surface area contributed by atoms with E-state index in [1.165, 1.54) is 12.1 Å². The molecule has 2 atom stereocenters. The van der Waals surface area contributed by atoms with Gasteiger partial charge in [0.05, 0.1) is 24.3 Å². The number of carbonyl (C=O) groups is 2. The van der Waals surface area contributed by atoms with Gasteiger partial charge in [-0.2, -0.15) is 5.10 Å². The van der Waals surface area contributed by atoms with Gasteiger partial charge in [0.15, 0.2) is 5.69 Å². The van der Waals surface area contributed by atoms with Gasteiger partial charge >= 0.3 is 5.97 Å². The summed E-state index contributed by atoms with van der Waals surface area (Å²) in [6.07, 6.45) is -1.25. The minimum absolute atomic E-state index is 0.0451. The maximum atomic E-state index is 13.5. The number of rotatable bonds is 12. The summed E-state index contributed by atoms with van der Waals surface area (Å²) >= 11 is 0. The van der Waals surface area contributed by atoms with Gasteiger partial charge in [0.25, 0.3) is 5.91 Å². The molecule has 32 heavy (non-hydrogen) atoms. The third-order valence-electron chi connectivity index (χ3n) is 5.09. The van der Waals surface area contributed by atoms with Crippen LogP contribution >= 0.6 is 0 Å². The monoisotopic (exact) mass is 449 g/mol. The summed E-state index contributed by atoms with van der Waals surface area (Å²) in [5.41, 5.74) is 2.31. The van der Waals surface area contributed by atoms with Crippen molar-refractivity contribution in [2.75, 3.05) is 6.54 Å². The minimum Gasteiger partial charge on any atom is -0.481 e. The third kappa shape index (κ3) is 6.86. The molecule has 0 fully saturated rings. The quantitative estimate of drug-likeness (QED) is 0.395. The lowest BCUT2D eigenvalue weighted by atomic mass is 9.95. The highest BCUT2D eigenvalue weighted by Crippen LogP contribution is 2.28. The van der Waals surface area contributed by atoms with Gasteiger partial charge < -0.3 is 20.6 Å². The fourth-order valence-corrected chi connectivity index (χ4v) is 3.62. The van der Waals surface area contributed by atoms with Crippen LogP contribution in [-0.2, 0) is 11.2 Å². The number of nitrogens with one attached hydrogen (secondary N) is 1. The van der Waals surface area contributed by atoms with Crippen molar-refractivity contribution >= 4 is 11.9 Å². The number of aromatic nitrogens is 2. The molecule has 8 nitrogen and oxygen atoms in total. The van der Waals surface area contributed by atoms with E-state index >= 15 is 0 Å². The first kappa shape index (κ1) is 25.5. The number of aliphatic carboxylic acids is 1. The SMILES string of the molecule is CCCNC(=O)c1nn(-c2ccc(F)cc2)c(CC[C@@H](O)C[C@@H](O)CC(=O)O)c1C(C)C. The van der Waals surface area contributed by atoms with Gasteiger partial charge in [-0.05, 0) is 55.9 Å². The maximum absolute atomic E-state index is 13.5. The first-order valence-corrected chi connectivity index (χ1v) is 10.9. The molecule has 2 rings (SSSR count). The van der Waals surface area contributed by atoms with Gasteiger partial charge in [-0.15, -0.1) is 0 Å².